The molecule has 3 atom stereocenters. The largest absolute Gasteiger partial charge is 0.331 e. The molecule has 0 amide bonds. The molecule has 0 N–H and O–H groups in total. The van der Waals surface area contributed by atoms with E-state index in [9.17, 15) is 5.26 Å². The van der Waals surface area contributed by atoms with Crippen molar-refractivity contribution in [3.8, 4) is 50.8 Å². The quantitative estimate of drug-likeness (QED) is 0.160. The molecule has 4 heteroatoms. The van der Waals surface area contributed by atoms with Crippen molar-refractivity contribution in [2.45, 2.75) is 50.0 Å². The second-order valence-corrected chi connectivity index (χ2v) is 19.5. The fraction of sp³-hybridized carbons (Fsp3) is 0.119. The first-order valence-electron chi connectivity index (χ1n) is 25.3. The lowest BCUT2D eigenvalue weighted by Gasteiger charge is -2.36. The van der Waals surface area contributed by atoms with Gasteiger partial charge >= 0.3 is 0 Å². The highest BCUT2D eigenvalue weighted by molar-refractivity contribution is 6.14. The minimum atomic E-state index is -0.0524. The second-order valence-electron chi connectivity index (χ2n) is 19.5. The lowest BCUT2D eigenvalue weighted by Crippen LogP contribution is -2.31. The molecule has 3 heterocycles. The van der Waals surface area contributed by atoms with Gasteiger partial charge in [-0.25, -0.2) is 0 Å². The summed E-state index contributed by atoms with van der Waals surface area (Å²) in [6.07, 6.45) is 32.5. The van der Waals surface area contributed by atoms with Crippen LogP contribution < -0.4 is 4.90 Å². The normalized spacial score (nSPS) is 18.2. The van der Waals surface area contributed by atoms with Crippen molar-refractivity contribution >= 4 is 45.3 Å². The van der Waals surface area contributed by atoms with Crippen LogP contribution in [0, 0.1) is 11.3 Å². The zero-order valence-electron chi connectivity index (χ0n) is 39.4. The van der Waals surface area contributed by atoms with E-state index in [-0.39, 0.29) is 17.9 Å². The monoisotopic (exact) mass is 910 g/mol. The van der Waals surface area contributed by atoms with Crippen molar-refractivity contribution in [1.29, 1.82) is 5.26 Å². The number of allylic oxidation sites excluding steroid dienone is 8. The Morgan fingerprint density at radius 2 is 1.10 bits per heavy atom. The van der Waals surface area contributed by atoms with E-state index in [1.807, 2.05) is 0 Å². The van der Waals surface area contributed by atoms with Crippen molar-refractivity contribution in [3.63, 3.8) is 0 Å². The van der Waals surface area contributed by atoms with Gasteiger partial charge in [0.1, 0.15) is 6.07 Å². The molecule has 9 aromatic rings. The number of benzene rings is 7. The Hall–Kier alpha value is -8.65. The standard InChI is InChI=1S/C67H50N4/c68-43-56-63(46-25-9-3-10-26-46)65(69-57-33-17-13-29-50(57)51-30-14-18-34-58(51)69)67(66(64(56)47-27-11-4-12-28-47)70-59-35-19-15-31-52(59)53-32-16-20-36-60(53)70)71-61-39-37-48(44-21-5-1-6-22-44)41-54(61)55-42-49(38-40-62(55)71)45-23-7-2-8-24-45/h1-14,17-23,25-30,33-42,45,50,57H,15-16,24,31-32H2. The molecular weight excluding hydrogens is 861 g/mol. The summed E-state index contributed by atoms with van der Waals surface area (Å²) in [5, 5.41) is 14.6. The Balaban J connectivity index is 1.24. The molecule has 2 aromatic heterocycles. The maximum atomic E-state index is 12.2. The van der Waals surface area contributed by atoms with E-state index in [1.165, 1.54) is 55.5 Å². The minimum absolute atomic E-state index is 0.0524. The highest BCUT2D eigenvalue weighted by atomic mass is 15.2. The average molecular weight is 911 g/mol. The Kier molecular flexibility index (Phi) is 9.78. The molecule has 3 unspecified atom stereocenters. The molecule has 338 valence electrons. The third kappa shape index (κ3) is 6.43. The summed E-state index contributed by atoms with van der Waals surface area (Å²) in [6, 6.07) is 58.5. The van der Waals surface area contributed by atoms with E-state index in [4.69, 9.17) is 0 Å². The SMILES string of the molecule is N#Cc1c(-c2ccccc2)c(N2c3ccccc3C3C=CC=CC32)c(-n2c3ccc(-c4ccccc4)cc3c3cc(C4C=CC=CC4)ccc32)c(-n2c3c(c4c2C=CCC4)CCC=C3)c1-c1ccccc1. The summed E-state index contributed by atoms with van der Waals surface area (Å²) in [5.74, 6) is 0.385. The van der Waals surface area contributed by atoms with E-state index in [1.54, 1.807) is 0 Å². The van der Waals surface area contributed by atoms with Crippen molar-refractivity contribution in [1.82, 2.24) is 9.13 Å². The molecule has 0 saturated carbocycles. The smallest absolute Gasteiger partial charge is 0.101 e. The van der Waals surface area contributed by atoms with Crippen LogP contribution in [0.2, 0.25) is 0 Å². The van der Waals surface area contributed by atoms with Gasteiger partial charge in [0.2, 0.25) is 0 Å². The molecule has 0 bridgehead atoms. The first kappa shape index (κ1) is 41.3. The van der Waals surface area contributed by atoms with Crippen molar-refractivity contribution in [2.75, 3.05) is 4.90 Å². The lowest BCUT2D eigenvalue weighted by molar-refractivity contribution is 0.743. The number of hydrogen-bond donors (Lipinski definition) is 0. The van der Waals surface area contributed by atoms with Gasteiger partial charge in [0.05, 0.1) is 39.7 Å². The van der Waals surface area contributed by atoms with Crippen LogP contribution in [0.1, 0.15) is 70.3 Å². The molecule has 0 saturated heterocycles. The van der Waals surface area contributed by atoms with Crippen molar-refractivity contribution in [2.24, 2.45) is 0 Å². The van der Waals surface area contributed by atoms with Crippen LogP contribution in [-0.4, -0.2) is 15.2 Å². The number of aromatic nitrogens is 2. The summed E-state index contributed by atoms with van der Waals surface area (Å²) in [6.45, 7) is 0. The highest BCUT2D eigenvalue weighted by Gasteiger charge is 2.43. The first-order valence-corrected chi connectivity index (χ1v) is 25.3. The highest BCUT2D eigenvalue weighted by Crippen LogP contribution is 2.58. The molecule has 7 aromatic carbocycles. The maximum Gasteiger partial charge on any atom is 0.101 e. The number of nitriles is 1. The molecular formula is C67H50N4. The van der Waals surface area contributed by atoms with Crippen molar-refractivity contribution in [3.05, 3.63) is 252 Å². The Bertz CT molecular complexity index is 3820. The Morgan fingerprint density at radius 1 is 0.493 bits per heavy atom. The molecule has 1 aliphatic heterocycles. The van der Waals surface area contributed by atoms with E-state index in [2.05, 4.69) is 245 Å². The minimum Gasteiger partial charge on any atom is -0.331 e. The van der Waals surface area contributed by atoms with Crippen molar-refractivity contribution < 1.29 is 0 Å². The van der Waals surface area contributed by atoms with E-state index >= 15 is 0 Å². The number of para-hydroxylation sites is 1. The number of anilines is 2. The number of nitrogens with zero attached hydrogens (tertiary/aromatic N) is 4. The average Bonchev–Trinajstić information content (AvgIpc) is 4.08. The molecule has 5 aliphatic rings. The van der Waals surface area contributed by atoms with Gasteiger partial charge in [0.25, 0.3) is 0 Å². The van der Waals surface area contributed by atoms with Crippen LogP contribution in [0.4, 0.5) is 11.4 Å². The van der Waals surface area contributed by atoms with Crippen LogP contribution in [0.15, 0.2) is 212 Å². The van der Waals surface area contributed by atoms with Crippen LogP contribution in [-0.2, 0) is 12.8 Å². The number of fused-ring (bicyclic) bond motifs is 9. The Labute approximate surface area is 415 Å². The van der Waals surface area contributed by atoms with E-state index in [0.29, 0.717) is 5.56 Å². The molecule has 71 heavy (non-hydrogen) atoms. The van der Waals surface area contributed by atoms with Gasteiger partial charge in [-0.05, 0) is 119 Å². The zero-order valence-corrected chi connectivity index (χ0v) is 39.4. The van der Waals surface area contributed by atoms with Gasteiger partial charge in [-0.2, -0.15) is 5.26 Å². The molecule has 4 aliphatic carbocycles. The molecule has 0 radical (unpaired) electrons. The maximum absolute atomic E-state index is 12.2. The lowest BCUT2D eigenvalue weighted by atomic mass is 9.86. The molecule has 4 nitrogen and oxygen atoms in total. The van der Waals surface area contributed by atoms with Gasteiger partial charge in [-0.15, -0.1) is 0 Å². The summed E-state index contributed by atoms with van der Waals surface area (Å²) >= 11 is 0. The fourth-order valence-electron chi connectivity index (χ4n) is 12.7. The number of hydrogen-bond acceptors (Lipinski definition) is 2. The van der Waals surface area contributed by atoms with E-state index in [0.717, 1.165) is 88.1 Å². The third-order valence-electron chi connectivity index (χ3n) is 15.7. The van der Waals surface area contributed by atoms with Gasteiger partial charge in [0.15, 0.2) is 0 Å². The van der Waals surface area contributed by atoms with Gasteiger partial charge in [-0.3, -0.25) is 0 Å². The second kappa shape index (κ2) is 16.8. The van der Waals surface area contributed by atoms with Gasteiger partial charge in [-0.1, -0.05) is 182 Å². The topological polar surface area (TPSA) is 36.9 Å². The fourth-order valence-corrected chi connectivity index (χ4v) is 12.7. The summed E-state index contributed by atoms with van der Waals surface area (Å²) in [5.41, 5.74) is 21.2. The zero-order chi connectivity index (χ0) is 47.0. The van der Waals surface area contributed by atoms with Crippen LogP contribution >= 0.6 is 0 Å². The molecule has 0 fully saturated rings. The van der Waals surface area contributed by atoms with Gasteiger partial charge in [0, 0.05) is 50.8 Å². The Morgan fingerprint density at radius 3 is 1.77 bits per heavy atom. The molecule has 0 spiro atoms. The summed E-state index contributed by atoms with van der Waals surface area (Å²) in [4.78, 5) is 2.61. The van der Waals surface area contributed by atoms with Gasteiger partial charge < -0.3 is 14.0 Å². The first-order chi connectivity index (χ1) is 35.2. The van der Waals surface area contributed by atoms with E-state index < -0.39 is 0 Å². The number of rotatable bonds is 7. The van der Waals surface area contributed by atoms with Crippen LogP contribution in [0.25, 0.3) is 78.7 Å². The van der Waals surface area contributed by atoms with Crippen LogP contribution in [0.3, 0.4) is 0 Å². The third-order valence-corrected chi connectivity index (χ3v) is 15.7. The predicted octanol–water partition coefficient (Wildman–Crippen LogP) is 16.7. The predicted molar refractivity (Wildman–Crippen MR) is 295 cm³/mol. The summed E-state index contributed by atoms with van der Waals surface area (Å²) in [7, 11) is 0. The molecule has 14 rings (SSSR count). The van der Waals surface area contributed by atoms with Crippen LogP contribution in [0.5, 0.6) is 0 Å². The summed E-state index contributed by atoms with van der Waals surface area (Å²) < 4.78 is 5.17.